The minimum atomic E-state index is -2.36. The average Bonchev–Trinajstić information content (AvgIpc) is 2.13. The van der Waals surface area contributed by atoms with E-state index in [0.29, 0.717) is 12.8 Å². The Bertz CT molecular complexity index is 166. The maximum absolute atomic E-state index is 12.1. The minimum absolute atomic E-state index is 0.561. The predicted octanol–water partition coefficient (Wildman–Crippen LogP) is 4.11. The number of thioether (sulfide) groups is 1. The van der Waals surface area contributed by atoms with E-state index in [2.05, 4.69) is 6.92 Å². The number of hydrogen-bond acceptors (Lipinski definition) is 4. The Hall–Kier alpha value is 0.890. The largest absolute Gasteiger partial charge is 0.321 e. The third kappa shape index (κ3) is 7.22. The molecule has 0 amide bonds. The molecule has 0 saturated carbocycles. The molecule has 0 aliphatic rings. The summed E-state index contributed by atoms with van der Waals surface area (Å²) in [5.74, 6) is 3.14. The summed E-state index contributed by atoms with van der Waals surface area (Å²) in [6.07, 6.45) is 1.65. The van der Waals surface area contributed by atoms with Gasteiger partial charge in [-0.15, -0.1) is 0 Å². The van der Waals surface area contributed by atoms with Crippen molar-refractivity contribution in [1.82, 2.24) is 0 Å². The molecule has 0 aromatic carbocycles. The van der Waals surface area contributed by atoms with Crippen LogP contribution in [0.1, 0.15) is 27.2 Å². The molecule has 0 saturated heterocycles. The molecular formula is C9H21O2PS2. The lowest BCUT2D eigenvalue weighted by atomic mass is 10.6. The summed E-state index contributed by atoms with van der Waals surface area (Å²) < 4.78 is 17.5. The molecule has 0 aromatic heterocycles. The van der Waals surface area contributed by atoms with Crippen molar-refractivity contribution in [2.75, 3.05) is 30.0 Å². The van der Waals surface area contributed by atoms with Crippen LogP contribution in [0.4, 0.5) is 0 Å². The van der Waals surface area contributed by atoms with Gasteiger partial charge in [-0.3, -0.25) is 4.57 Å². The Morgan fingerprint density at radius 3 is 2.43 bits per heavy atom. The third-order valence-electron chi connectivity index (χ3n) is 1.54. The van der Waals surface area contributed by atoms with Crippen molar-refractivity contribution < 1.29 is 9.09 Å². The van der Waals surface area contributed by atoms with Gasteiger partial charge >= 0.3 is 0 Å². The Morgan fingerprint density at radius 1 is 1.21 bits per heavy atom. The van der Waals surface area contributed by atoms with Crippen LogP contribution < -0.4 is 0 Å². The normalized spacial score (nSPS) is 15.4. The van der Waals surface area contributed by atoms with Gasteiger partial charge in [0, 0.05) is 17.7 Å². The van der Waals surface area contributed by atoms with Gasteiger partial charge in [0.1, 0.15) is 0 Å². The van der Waals surface area contributed by atoms with Gasteiger partial charge in [-0.05, 0) is 19.1 Å². The van der Waals surface area contributed by atoms with Crippen LogP contribution in [0.15, 0.2) is 0 Å². The fourth-order valence-electron chi connectivity index (χ4n) is 1.02. The SMILES string of the molecule is CCCP(=O)(OCC)SCCSCC. The van der Waals surface area contributed by atoms with Crippen molar-refractivity contribution in [3.8, 4) is 0 Å². The van der Waals surface area contributed by atoms with Gasteiger partial charge in [-0.2, -0.15) is 11.8 Å². The van der Waals surface area contributed by atoms with Crippen LogP contribution in [0.25, 0.3) is 0 Å². The minimum Gasteiger partial charge on any atom is -0.321 e. The maximum Gasteiger partial charge on any atom is 0.257 e. The van der Waals surface area contributed by atoms with Crippen LogP contribution >= 0.6 is 29.7 Å². The molecule has 0 aliphatic heterocycles. The Kier molecular flexibility index (Phi) is 9.72. The fraction of sp³-hybridized carbons (Fsp3) is 1.00. The quantitative estimate of drug-likeness (QED) is 0.458. The molecule has 0 aromatic rings. The molecule has 0 radical (unpaired) electrons. The highest BCUT2D eigenvalue weighted by molar-refractivity contribution is 8.56. The average molecular weight is 256 g/mol. The van der Waals surface area contributed by atoms with Gasteiger partial charge in [0.25, 0.3) is 6.57 Å². The summed E-state index contributed by atoms with van der Waals surface area (Å²) in [5.41, 5.74) is 0. The maximum atomic E-state index is 12.1. The summed E-state index contributed by atoms with van der Waals surface area (Å²) >= 11 is 3.41. The summed E-state index contributed by atoms with van der Waals surface area (Å²) in [6, 6.07) is 0. The second-order valence-electron chi connectivity index (χ2n) is 2.78. The lowest BCUT2D eigenvalue weighted by Crippen LogP contribution is -1.94. The Balaban J connectivity index is 3.78. The van der Waals surface area contributed by atoms with Crippen molar-refractivity contribution >= 4 is 29.7 Å². The first-order chi connectivity index (χ1) is 6.68. The molecular weight excluding hydrogens is 235 g/mol. The first kappa shape index (κ1) is 14.9. The predicted molar refractivity (Wildman–Crippen MR) is 69.8 cm³/mol. The molecule has 1 unspecified atom stereocenters. The zero-order valence-corrected chi connectivity index (χ0v) is 11.9. The van der Waals surface area contributed by atoms with E-state index in [9.17, 15) is 4.57 Å². The smallest absolute Gasteiger partial charge is 0.257 e. The summed E-state index contributed by atoms with van der Waals surface area (Å²) in [4.78, 5) is 0. The van der Waals surface area contributed by atoms with Crippen molar-refractivity contribution in [3.05, 3.63) is 0 Å². The summed E-state index contributed by atoms with van der Waals surface area (Å²) in [6.45, 7) is 4.30. The fourth-order valence-corrected chi connectivity index (χ4v) is 6.61. The molecule has 86 valence electrons. The van der Waals surface area contributed by atoms with E-state index in [1.807, 2.05) is 25.6 Å². The molecule has 0 rings (SSSR count). The first-order valence-electron chi connectivity index (χ1n) is 5.14. The zero-order valence-electron chi connectivity index (χ0n) is 9.32. The lowest BCUT2D eigenvalue weighted by molar-refractivity contribution is 0.345. The first-order valence-corrected chi connectivity index (χ1v) is 9.70. The van der Waals surface area contributed by atoms with Crippen molar-refractivity contribution in [1.29, 1.82) is 0 Å². The molecule has 0 heterocycles. The molecule has 1 atom stereocenters. The van der Waals surface area contributed by atoms with Crippen LogP contribution in [0.3, 0.4) is 0 Å². The van der Waals surface area contributed by atoms with Crippen molar-refractivity contribution in [2.24, 2.45) is 0 Å². The second-order valence-corrected chi connectivity index (χ2v) is 9.21. The van der Waals surface area contributed by atoms with E-state index in [1.54, 1.807) is 0 Å². The topological polar surface area (TPSA) is 26.3 Å². The van der Waals surface area contributed by atoms with E-state index < -0.39 is 6.57 Å². The monoisotopic (exact) mass is 256 g/mol. The van der Waals surface area contributed by atoms with Crippen LogP contribution in [0.2, 0.25) is 0 Å². The lowest BCUT2D eigenvalue weighted by Gasteiger charge is -2.15. The highest BCUT2D eigenvalue weighted by Gasteiger charge is 2.21. The highest BCUT2D eigenvalue weighted by atomic mass is 32.7. The number of hydrogen-bond donors (Lipinski definition) is 0. The third-order valence-corrected chi connectivity index (χ3v) is 7.72. The van der Waals surface area contributed by atoms with Gasteiger partial charge in [-0.1, -0.05) is 25.2 Å². The van der Waals surface area contributed by atoms with E-state index in [-0.39, 0.29) is 0 Å². The summed E-state index contributed by atoms with van der Waals surface area (Å²) in [5, 5.41) is 0. The van der Waals surface area contributed by atoms with Crippen molar-refractivity contribution in [3.63, 3.8) is 0 Å². The van der Waals surface area contributed by atoms with Crippen LogP contribution in [-0.4, -0.2) is 30.0 Å². The van der Waals surface area contributed by atoms with Crippen LogP contribution in [-0.2, 0) is 9.09 Å². The molecule has 0 spiro atoms. The molecule has 5 heteroatoms. The molecule has 0 N–H and O–H groups in total. The van der Waals surface area contributed by atoms with E-state index in [4.69, 9.17) is 4.52 Å². The Labute approximate surface area is 96.1 Å². The molecule has 0 aliphatic carbocycles. The second kappa shape index (κ2) is 9.14. The van der Waals surface area contributed by atoms with Crippen molar-refractivity contribution in [2.45, 2.75) is 27.2 Å². The molecule has 0 bridgehead atoms. The van der Waals surface area contributed by atoms with Crippen LogP contribution in [0, 0.1) is 0 Å². The van der Waals surface area contributed by atoms with E-state index in [0.717, 1.165) is 23.7 Å². The molecule has 2 nitrogen and oxygen atoms in total. The van der Waals surface area contributed by atoms with E-state index in [1.165, 1.54) is 11.4 Å². The van der Waals surface area contributed by atoms with Gasteiger partial charge in [0.05, 0.1) is 6.61 Å². The highest BCUT2D eigenvalue weighted by Crippen LogP contribution is 2.59. The van der Waals surface area contributed by atoms with Gasteiger partial charge in [-0.25, -0.2) is 0 Å². The molecule has 14 heavy (non-hydrogen) atoms. The molecule has 0 fully saturated rings. The number of rotatable bonds is 9. The zero-order chi connectivity index (χ0) is 10.9. The summed E-state index contributed by atoms with van der Waals surface area (Å²) in [7, 11) is 0. The van der Waals surface area contributed by atoms with Gasteiger partial charge in [0.2, 0.25) is 0 Å². The van der Waals surface area contributed by atoms with Crippen LogP contribution in [0.5, 0.6) is 0 Å². The van der Waals surface area contributed by atoms with Gasteiger partial charge < -0.3 is 4.52 Å². The standard InChI is InChI=1S/C9H21O2PS2/c1-4-7-12(10,11-5-2)14-9-8-13-6-3/h4-9H2,1-3H3. The Morgan fingerprint density at radius 2 is 1.93 bits per heavy atom. The van der Waals surface area contributed by atoms with E-state index >= 15 is 0 Å². The van der Waals surface area contributed by atoms with Gasteiger partial charge in [0.15, 0.2) is 0 Å².